The number of hydrogen-bond acceptors (Lipinski definition) is 3. The average molecular weight is 237 g/mol. The number of nitrogens with one attached hydrogen (secondary N) is 1. The maximum Gasteiger partial charge on any atom is 0.293 e. The van der Waals surface area contributed by atoms with Crippen molar-refractivity contribution in [3.8, 4) is 0 Å². The summed E-state index contributed by atoms with van der Waals surface area (Å²) in [5.41, 5.74) is 0.656. The fraction of sp³-hybridized carbons (Fsp3) is 0.0909. The van der Waals surface area contributed by atoms with Crippen LogP contribution in [0, 0.1) is 6.92 Å². The first-order valence-electron chi connectivity index (χ1n) is 4.64. The van der Waals surface area contributed by atoms with Crippen LogP contribution < -0.4 is 5.32 Å². The zero-order chi connectivity index (χ0) is 11.5. The van der Waals surface area contributed by atoms with Gasteiger partial charge in [0.25, 0.3) is 5.91 Å². The summed E-state index contributed by atoms with van der Waals surface area (Å²) in [5.74, 6) is 0.316. The van der Waals surface area contributed by atoms with Gasteiger partial charge in [0.1, 0.15) is 0 Å². The van der Waals surface area contributed by atoms with Crippen molar-refractivity contribution < 1.29 is 9.21 Å². The molecule has 0 spiro atoms. The highest BCUT2D eigenvalue weighted by Gasteiger charge is 2.10. The van der Waals surface area contributed by atoms with Gasteiger partial charge >= 0.3 is 0 Å². The Morgan fingerprint density at radius 3 is 2.62 bits per heavy atom. The summed E-state index contributed by atoms with van der Waals surface area (Å²) in [6, 6.07) is 6.82. The van der Waals surface area contributed by atoms with E-state index in [9.17, 15) is 4.79 Å². The smallest absolute Gasteiger partial charge is 0.293 e. The normalized spacial score (nSPS) is 10.1. The summed E-state index contributed by atoms with van der Waals surface area (Å²) in [6.07, 6.45) is 1.39. The first-order chi connectivity index (χ1) is 7.65. The van der Waals surface area contributed by atoms with Crippen LogP contribution in [-0.4, -0.2) is 10.9 Å². The maximum absolute atomic E-state index is 11.6. The summed E-state index contributed by atoms with van der Waals surface area (Å²) >= 11 is 5.73. The van der Waals surface area contributed by atoms with E-state index in [2.05, 4.69) is 10.3 Å². The van der Waals surface area contributed by atoms with Crippen molar-refractivity contribution in [2.24, 2.45) is 0 Å². The zero-order valence-electron chi connectivity index (χ0n) is 8.53. The van der Waals surface area contributed by atoms with Crippen LogP contribution in [-0.2, 0) is 0 Å². The molecule has 0 unspecified atom stereocenters. The van der Waals surface area contributed by atoms with E-state index in [1.54, 1.807) is 31.2 Å². The molecule has 1 heterocycles. The van der Waals surface area contributed by atoms with Crippen molar-refractivity contribution in [1.29, 1.82) is 0 Å². The Kier molecular flexibility index (Phi) is 2.92. The molecule has 0 bridgehead atoms. The minimum Gasteiger partial charge on any atom is -0.436 e. The molecule has 5 heteroatoms. The lowest BCUT2D eigenvalue weighted by molar-refractivity contribution is 0.0995. The molecule has 0 saturated heterocycles. The van der Waals surface area contributed by atoms with Crippen LogP contribution in [0.2, 0.25) is 5.02 Å². The highest BCUT2D eigenvalue weighted by atomic mass is 35.5. The molecule has 1 amide bonds. The van der Waals surface area contributed by atoms with Gasteiger partial charge in [-0.3, -0.25) is 4.79 Å². The molecule has 0 radical (unpaired) electrons. The number of nitrogens with zero attached hydrogens (tertiary/aromatic N) is 1. The summed E-state index contributed by atoms with van der Waals surface area (Å²) in [5, 5.41) is 3.29. The molecular weight excluding hydrogens is 228 g/mol. The SMILES string of the molecule is Cc1ncc(C(=O)Nc2ccc(Cl)cc2)o1. The van der Waals surface area contributed by atoms with Crippen LogP contribution in [0.4, 0.5) is 5.69 Å². The number of hydrogen-bond donors (Lipinski definition) is 1. The van der Waals surface area contributed by atoms with Gasteiger partial charge in [-0.05, 0) is 24.3 Å². The van der Waals surface area contributed by atoms with Gasteiger partial charge in [-0.1, -0.05) is 11.6 Å². The van der Waals surface area contributed by atoms with Crippen molar-refractivity contribution in [3.05, 3.63) is 47.1 Å². The molecule has 1 aromatic carbocycles. The molecule has 2 rings (SSSR count). The Balaban J connectivity index is 2.10. The van der Waals surface area contributed by atoms with Gasteiger partial charge in [0.15, 0.2) is 5.89 Å². The highest BCUT2D eigenvalue weighted by Crippen LogP contribution is 2.14. The summed E-state index contributed by atoms with van der Waals surface area (Å²) < 4.78 is 5.09. The molecule has 82 valence electrons. The van der Waals surface area contributed by atoms with E-state index in [1.807, 2.05) is 0 Å². The fourth-order valence-corrected chi connectivity index (χ4v) is 1.32. The predicted molar refractivity (Wildman–Crippen MR) is 60.6 cm³/mol. The number of halogens is 1. The topological polar surface area (TPSA) is 55.1 Å². The number of aromatic nitrogens is 1. The number of rotatable bonds is 2. The number of anilines is 1. The van der Waals surface area contributed by atoms with Crippen LogP contribution >= 0.6 is 11.6 Å². The van der Waals surface area contributed by atoms with Gasteiger partial charge in [-0.2, -0.15) is 0 Å². The van der Waals surface area contributed by atoms with E-state index in [1.165, 1.54) is 6.20 Å². The number of aryl methyl sites for hydroxylation is 1. The van der Waals surface area contributed by atoms with Crippen LogP contribution in [0.5, 0.6) is 0 Å². The van der Waals surface area contributed by atoms with E-state index in [4.69, 9.17) is 16.0 Å². The van der Waals surface area contributed by atoms with Crippen LogP contribution in [0.3, 0.4) is 0 Å². The highest BCUT2D eigenvalue weighted by molar-refractivity contribution is 6.30. The molecule has 1 aromatic heterocycles. The molecule has 0 atom stereocenters. The number of benzene rings is 1. The van der Waals surface area contributed by atoms with E-state index < -0.39 is 0 Å². The van der Waals surface area contributed by atoms with Crippen molar-refractivity contribution in [2.45, 2.75) is 6.92 Å². The molecule has 1 N–H and O–H groups in total. The molecule has 0 aliphatic heterocycles. The van der Waals surface area contributed by atoms with Gasteiger partial charge in [-0.25, -0.2) is 4.98 Å². The standard InChI is InChI=1S/C11H9ClN2O2/c1-7-13-6-10(16-7)11(15)14-9-4-2-8(12)3-5-9/h2-6H,1H3,(H,14,15). The molecule has 4 nitrogen and oxygen atoms in total. The van der Waals surface area contributed by atoms with E-state index in [0.717, 1.165) is 0 Å². The first-order valence-corrected chi connectivity index (χ1v) is 5.02. The molecule has 2 aromatic rings. The third-order valence-electron chi connectivity index (χ3n) is 1.95. The summed E-state index contributed by atoms with van der Waals surface area (Å²) in [4.78, 5) is 15.5. The second-order valence-corrected chi connectivity index (χ2v) is 3.64. The number of oxazole rings is 1. The first kappa shape index (κ1) is 10.7. The second-order valence-electron chi connectivity index (χ2n) is 3.20. The van der Waals surface area contributed by atoms with Crippen molar-refractivity contribution in [2.75, 3.05) is 5.32 Å². The predicted octanol–water partition coefficient (Wildman–Crippen LogP) is 2.89. The van der Waals surface area contributed by atoms with Gasteiger partial charge in [0.2, 0.25) is 5.76 Å². The number of carbonyl (C=O) groups is 1. The molecule has 16 heavy (non-hydrogen) atoms. The lowest BCUT2D eigenvalue weighted by atomic mass is 10.3. The van der Waals surface area contributed by atoms with Crippen molar-refractivity contribution >= 4 is 23.2 Å². The van der Waals surface area contributed by atoms with Gasteiger partial charge in [-0.15, -0.1) is 0 Å². The molecule has 0 aliphatic rings. The lowest BCUT2D eigenvalue weighted by Gasteiger charge is -2.02. The maximum atomic E-state index is 11.6. The summed E-state index contributed by atoms with van der Waals surface area (Å²) in [6.45, 7) is 1.68. The van der Waals surface area contributed by atoms with E-state index in [-0.39, 0.29) is 11.7 Å². The minimum absolute atomic E-state index is 0.187. The molecular formula is C11H9ClN2O2. The molecule has 0 aliphatic carbocycles. The Morgan fingerprint density at radius 2 is 2.06 bits per heavy atom. The Hall–Kier alpha value is -1.81. The van der Waals surface area contributed by atoms with Crippen LogP contribution in [0.25, 0.3) is 0 Å². The van der Waals surface area contributed by atoms with E-state index in [0.29, 0.717) is 16.6 Å². The Morgan fingerprint density at radius 1 is 1.38 bits per heavy atom. The zero-order valence-corrected chi connectivity index (χ0v) is 9.28. The average Bonchev–Trinajstić information content (AvgIpc) is 2.68. The third kappa shape index (κ3) is 2.41. The Labute approximate surface area is 97.2 Å². The molecule has 0 fully saturated rings. The number of carbonyl (C=O) groups excluding carboxylic acids is 1. The third-order valence-corrected chi connectivity index (χ3v) is 2.20. The fourth-order valence-electron chi connectivity index (χ4n) is 1.19. The second kappa shape index (κ2) is 4.37. The van der Waals surface area contributed by atoms with Gasteiger partial charge < -0.3 is 9.73 Å². The molecule has 0 saturated carbocycles. The van der Waals surface area contributed by atoms with Gasteiger partial charge in [0.05, 0.1) is 6.20 Å². The van der Waals surface area contributed by atoms with Crippen LogP contribution in [0.1, 0.15) is 16.4 Å². The summed E-state index contributed by atoms with van der Waals surface area (Å²) in [7, 11) is 0. The lowest BCUT2D eigenvalue weighted by Crippen LogP contribution is -2.10. The van der Waals surface area contributed by atoms with Crippen LogP contribution in [0.15, 0.2) is 34.9 Å². The van der Waals surface area contributed by atoms with Gasteiger partial charge in [0, 0.05) is 17.6 Å². The van der Waals surface area contributed by atoms with E-state index >= 15 is 0 Å². The quantitative estimate of drug-likeness (QED) is 0.872. The minimum atomic E-state index is -0.331. The number of amides is 1. The monoisotopic (exact) mass is 236 g/mol. The van der Waals surface area contributed by atoms with Crippen molar-refractivity contribution in [1.82, 2.24) is 4.98 Å². The Bertz CT molecular complexity index is 505. The van der Waals surface area contributed by atoms with Crippen molar-refractivity contribution in [3.63, 3.8) is 0 Å². The largest absolute Gasteiger partial charge is 0.436 e.